The minimum atomic E-state index is 0.0194. The van der Waals surface area contributed by atoms with Crippen LogP contribution in [0.2, 0.25) is 0 Å². The molecule has 0 unspecified atom stereocenters. The Kier molecular flexibility index (Phi) is 4.08. The minimum Gasteiger partial charge on any atom is -0.466 e. The number of ether oxygens (including phenoxy) is 2. The zero-order valence-corrected chi connectivity index (χ0v) is 11.8. The molecule has 1 saturated heterocycles. The van der Waals surface area contributed by atoms with Crippen molar-refractivity contribution in [1.29, 1.82) is 0 Å². The van der Waals surface area contributed by atoms with Gasteiger partial charge in [-0.15, -0.1) is 0 Å². The minimum absolute atomic E-state index is 0.0194. The van der Waals surface area contributed by atoms with E-state index in [1.165, 1.54) is 12.8 Å². The standard InChI is InChI=1S/C15H25NO3/c1-2-19-15(17)11-3-5-12(6-4-11)16(13-7-8-13)14-9-18-10-14/h11-14H,2-10H2,1H3. The lowest BCUT2D eigenvalue weighted by Crippen LogP contribution is -2.55. The SMILES string of the molecule is CCOC(=O)C1CCC(N(C2CC2)C2COC2)CC1. The highest BCUT2D eigenvalue weighted by Gasteiger charge is 2.42. The monoisotopic (exact) mass is 267 g/mol. The van der Waals surface area contributed by atoms with Gasteiger partial charge in [-0.3, -0.25) is 9.69 Å². The van der Waals surface area contributed by atoms with Gasteiger partial charge in [0.1, 0.15) is 0 Å². The van der Waals surface area contributed by atoms with Crippen molar-refractivity contribution in [2.24, 2.45) is 5.92 Å². The topological polar surface area (TPSA) is 38.8 Å². The molecule has 1 heterocycles. The average molecular weight is 267 g/mol. The van der Waals surface area contributed by atoms with Crippen molar-refractivity contribution >= 4 is 5.97 Å². The second-order valence-electron chi connectivity index (χ2n) is 6.13. The van der Waals surface area contributed by atoms with Gasteiger partial charge in [-0.2, -0.15) is 0 Å². The third kappa shape index (κ3) is 2.95. The van der Waals surface area contributed by atoms with Gasteiger partial charge in [0, 0.05) is 12.1 Å². The predicted octanol–water partition coefficient (Wildman–Crippen LogP) is 1.97. The molecule has 2 aliphatic carbocycles. The fraction of sp³-hybridized carbons (Fsp3) is 0.933. The normalized spacial score (nSPS) is 32.1. The largest absolute Gasteiger partial charge is 0.466 e. The molecule has 1 aliphatic heterocycles. The maximum absolute atomic E-state index is 11.8. The maximum atomic E-state index is 11.8. The number of hydrogen-bond acceptors (Lipinski definition) is 4. The molecule has 2 saturated carbocycles. The van der Waals surface area contributed by atoms with Crippen LogP contribution in [0, 0.1) is 5.92 Å². The molecule has 0 bridgehead atoms. The summed E-state index contributed by atoms with van der Waals surface area (Å²) < 4.78 is 10.5. The summed E-state index contributed by atoms with van der Waals surface area (Å²) in [6.45, 7) is 4.21. The molecule has 0 atom stereocenters. The van der Waals surface area contributed by atoms with Gasteiger partial charge in [-0.25, -0.2) is 0 Å². The van der Waals surface area contributed by atoms with E-state index in [-0.39, 0.29) is 11.9 Å². The van der Waals surface area contributed by atoms with E-state index in [1.807, 2.05) is 6.92 Å². The number of carbonyl (C=O) groups is 1. The summed E-state index contributed by atoms with van der Waals surface area (Å²) in [5.74, 6) is 0.167. The zero-order valence-electron chi connectivity index (χ0n) is 11.8. The van der Waals surface area contributed by atoms with Crippen LogP contribution in [0.5, 0.6) is 0 Å². The fourth-order valence-electron chi connectivity index (χ4n) is 3.53. The maximum Gasteiger partial charge on any atom is 0.308 e. The Morgan fingerprint density at radius 3 is 2.05 bits per heavy atom. The number of hydrogen-bond donors (Lipinski definition) is 0. The van der Waals surface area contributed by atoms with Crippen LogP contribution >= 0.6 is 0 Å². The van der Waals surface area contributed by atoms with Gasteiger partial charge >= 0.3 is 5.97 Å². The molecule has 0 N–H and O–H groups in total. The van der Waals surface area contributed by atoms with Crippen molar-refractivity contribution < 1.29 is 14.3 Å². The molecule has 108 valence electrons. The quantitative estimate of drug-likeness (QED) is 0.714. The van der Waals surface area contributed by atoms with Gasteiger partial charge in [0.05, 0.1) is 31.8 Å². The summed E-state index contributed by atoms with van der Waals surface area (Å²) in [6.07, 6.45) is 7.01. The van der Waals surface area contributed by atoms with Crippen LogP contribution in [-0.2, 0) is 14.3 Å². The Hall–Kier alpha value is -0.610. The first-order valence-corrected chi connectivity index (χ1v) is 7.81. The van der Waals surface area contributed by atoms with Crippen molar-refractivity contribution in [1.82, 2.24) is 4.90 Å². The predicted molar refractivity (Wildman–Crippen MR) is 71.8 cm³/mol. The molecule has 4 heteroatoms. The summed E-state index contributed by atoms with van der Waals surface area (Å²) in [6, 6.07) is 2.13. The fourth-order valence-corrected chi connectivity index (χ4v) is 3.53. The Bertz CT molecular complexity index is 317. The summed E-state index contributed by atoms with van der Waals surface area (Å²) in [7, 11) is 0. The van der Waals surface area contributed by atoms with E-state index in [2.05, 4.69) is 4.90 Å². The zero-order chi connectivity index (χ0) is 13.2. The lowest BCUT2D eigenvalue weighted by Gasteiger charge is -2.44. The Labute approximate surface area is 115 Å². The third-order valence-corrected chi connectivity index (χ3v) is 4.75. The van der Waals surface area contributed by atoms with Gasteiger partial charge in [-0.1, -0.05) is 0 Å². The summed E-state index contributed by atoms with van der Waals surface area (Å²) in [5, 5.41) is 0. The van der Waals surface area contributed by atoms with E-state index < -0.39 is 0 Å². The van der Waals surface area contributed by atoms with E-state index >= 15 is 0 Å². The molecular weight excluding hydrogens is 242 g/mol. The number of carbonyl (C=O) groups excluding carboxylic acids is 1. The van der Waals surface area contributed by atoms with Gasteiger partial charge in [0.2, 0.25) is 0 Å². The van der Waals surface area contributed by atoms with Crippen molar-refractivity contribution in [2.45, 2.75) is 63.6 Å². The molecule has 3 rings (SSSR count). The first kappa shape index (κ1) is 13.4. The Morgan fingerprint density at radius 2 is 1.63 bits per heavy atom. The Balaban J connectivity index is 1.52. The highest BCUT2D eigenvalue weighted by atomic mass is 16.5. The van der Waals surface area contributed by atoms with Crippen LogP contribution in [0.1, 0.15) is 45.4 Å². The second-order valence-corrected chi connectivity index (χ2v) is 6.13. The molecule has 4 nitrogen and oxygen atoms in total. The van der Waals surface area contributed by atoms with Crippen molar-refractivity contribution in [3.8, 4) is 0 Å². The first-order valence-electron chi connectivity index (χ1n) is 7.81. The molecule has 0 aromatic rings. The molecule has 0 amide bonds. The lowest BCUT2D eigenvalue weighted by atomic mass is 9.84. The Morgan fingerprint density at radius 1 is 1.05 bits per heavy atom. The molecular formula is C15H25NO3. The molecule has 0 aromatic heterocycles. The van der Waals surface area contributed by atoms with E-state index in [0.717, 1.165) is 44.9 Å². The van der Waals surface area contributed by atoms with Gasteiger partial charge in [0.15, 0.2) is 0 Å². The number of nitrogens with zero attached hydrogens (tertiary/aromatic N) is 1. The molecule has 3 aliphatic rings. The number of rotatable bonds is 5. The molecule has 0 spiro atoms. The van der Waals surface area contributed by atoms with Gasteiger partial charge < -0.3 is 9.47 Å². The first-order chi connectivity index (χ1) is 9.29. The highest BCUT2D eigenvalue weighted by molar-refractivity contribution is 5.72. The summed E-state index contributed by atoms with van der Waals surface area (Å²) in [4.78, 5) is 14.5. The van der Waals surface area contributed by atoms with Crippen LogP contribution in [0.3, 0.4) is 0 Å². The molecule has 0 aromatic carbocycles. The average Bonchev–Trinajstić information content (AvgIpc) is 3.18. The second kappa shape index (κ2) is 5.80. The molecule has 19 heavy (non-hydrogen) atoms. The van der Waals surface area contributed by atoms with Crippen molar-refractivity contribution in [2.75, 3.05) is 19.8 Å². The van der Waals surface area contributed by atoms with Crippen molar-refractivity contribution in [3.63, 3.8) is 0 Å². The smallest absolute Gasteiger partial charge is 0.308 e. The van der Waals surface area contributed by atoms with E-state index in [0.29, 0.717) is 18.7 Å². The van der Waals surface area contributed by atoms with Crippen LogP contribution in [0.25, 0.3) is 0 Å². The van der Waals surface area contributed by atoms with E-state index in [1.54, 1.807) is 0 Å². The number of esters is 1. The third-order valence-electron chi connectivity index (χ3n) is 4.75. The van der Waals surface area contributed by atoms with Crippen molar-refractivity contribution in [3.05, 3.63) is 0 Å². The van der Waals surface area contributed by atoms with Crippen LogP contribution in [-0.4, -0.2) is 48.8 Å². The van der Waals surface area contributed by atoms with Gasteiger partial charge in [-0.05, 0) is 45.4 Å². The van der Waals surface area contributed by atoms with Crippen LogP contribution in [0.4, 0.5) is 0 Å². The summed E-state index contributed by atoms with van der Waals surface area (Å²) in [5.41, 5.74) is 0. The molecule has 3 fully saturated rings. The molecule has 0 radical (unpaired) electrons. The van der Waals surface area contributed by atoms with Gasteiger partial charge in [0.25, 0.3) is 0 Å². The lowest BCUT2D eigenvalue weighted by molar-refractivity contribution is -0.150. The van der Waals surface area contributed by atoms with E-state index in [9.17, 15) is 4.79 Å². The highest BCUT2D eigenvalue weighted by Crippen LogP contribution is 2.38. The summed E-state index contributed by atoms with van der Waals surface area (Å²) >= 11 is 0. The van der Waals surface area contributed by atoms with Crippen LogP contribution < -0.4 is 0 Å². The van der Waals surface area contributed by atoms with Crippen LogP contribution in [0.15, 0.2) is 0 Å². The van der Waals surface area contributed by atoms with E-state index in [4.69, 9.17) is 9.47 Å².